The molecule has 0 aromatic heterocycles. The van der Waals surface area contributed by atoms with Crippen LogP contribution in [-0.2, 0) is 6.54 Å². The Morgan fingerprint density at radius 2 is 1.00 bits per heavy atom. The molecule has 0 fully saturated rings. The van der Waals surface area contributed by atoms with Gasteiger partial charge in [-0.25, -0.2) is 0 Å². The number of hydrogen-bond acceptors (Lipinski definition) is 1. The lowest BCUT2D eigenvalue weighted by Crippen LogP contribution is -3.00. The van der Waals surface area contributed by atoms with Crippen molar-refractivity contribution in [2.45, 2.75) is 123 Å². The maximum Gasteiger partial charge on any atom is 0.104 e. The minimum Gasteiger partial charge on any atom is -1.00 e. The van der Waals surface area contributed by atoms with Gasteiger partial charge in [0.05, 0.1) is 20.2 Å². The second-order valence-corrected chi connectivity index (χ2v) is 10.1. The monoisotopic (exact) mass is 467 g/mol. The number of unbranched alkanes of at least 4 members (excludes halogenated alkanes) is 16. The van der Waals surface area contributed by atoms with Gasteiger partial charge in [0.1, 0.15) is 13.1 Å². The highest BCUT2D eigenvalue weighted by Crippen LogP contribution is 2.16. The van der Waals surface area contributed by atoms with E-state index in [1.807, 2.05) is 0 Å². The summed E-state index contributed by atoms with van der Waals surface area (Å²) in [6.07, 6.45) is 24.1. The van der Waals surface area contributed by atoms with Crippen molar-refractivity contribution < 1.29 is 22.0 Å². The molecule has 188 valence electrons. The summed E-state index contributed by atoms with van der Waals surface area (Å²) in [6.45, 7) is 5.63. The largest absolute Gasteiger partial charge is 1.00 e. The van der Waals surface area contributed by atoms with E-state index in [0.717, 1.165) is 17.6 Å². The summed E-state index contributed by atoms with van der Waals surface area (Å²) < 4.78 is 0.958. The Kier molecular flexibility index (Phi) is 21.8. The van der Waals surface area contributed by atoms with Crippen molar-refractivity contribution in [3.8, 4) is 0 Å². The maximum atomic E-state index is 9.51. The predicted molar refractivity (Wildman–Crippen MR) is 137 cm³/mol. The van der Waals surface area contributed by atoms with E-state index in [-0.39, 0.29) is 19.0 Å². The number of aliphatic hydroxyl groups is 1. The molecule has 1 N–H and O–H groups in total. The van der Waals surface area contributed by atoms with E-state index in [4.69, 9.17) is 0 Å². The maximum absolute atomic E-state index is 9.51. The molecule has 0 spiro atoms. The summed E-state index contributed by atoms with van der Waals surface area (Å²) in [7, 11) is 2.30. The summed E-state index contributed by atoms with van der Waals surface area (Å²) in [5, 5.41) is 9.51. The van der Waals surface area contributed by atoms with Gasteiger partial charge in [0.2, 0.25) is 0 Å². The van der Waals surface area contributed by atoms with Crippen LogP contribution in [-0.4, -0.2) is 36.3 Å². The molecule has 0 aliphatic heterocycles. The van der Waals surface area contributed by atoms with E-state index in [0.29, 0.717) is 0 Å². The Morgan fingerprint density at radius 1 is 0.594 bits per heavy atom. The van der Waals surface area contributed by atoms with Crippen LogP contribution in [0.2, 0.25) is 0 Å². The normalized spacial score (nSPS) is 13.0. The Labute approximate surface area is 207 Å². The highest BCUT2D eigenvalue weighted by molar-refractivity contribution is 5.13. The summed E-state index contributed by atoms with van der Waals surface area (Å²) >= 11 is 0. The first-order chi connectivity index (χ1) is 15.2. The van der Waals surface area contributed by atoms with Crippen LogP contribution in [0.1, 0.15) is 122 Å². The summed E-state index contributed by atoms with van der Waals surface area (Å²) in [4.78, 5) is 0. The van der Waals surface area contributed by atoms with E-state index in [1.165, 1.54) is 121 Å². The fourth-order valence-corrected chi connectivity index (χ4v) is 4.75. The van der Waals surface area contributed by atoms with Crippen molar-refractivity contribution in [1.29, 1.82) is 0 Å². The highest BCUT2D eigenvalue weighted by atomic mass is 35.5. The van der Waals surface area contributed by atoms with Crippen LogP contribution < -0.4 is 12.4 Å². The van der Waals surface area contributed by atoms with Gasteiger partial charge >= 0.3 is 0 Å². The topological polar surface area (TPSA) is 20.2 Å². The van der Waals surface area contributed by atoms with Gasteiger partial charge in [0.25, 0.3) is 0 Å². The van der Waals surface area contributed by atoms with Crippen molar-refractivity contribution in [2.24, 2.45) is 0 Å². The molecule has 0 radical (unpaired) electrons. The minimum atomic E-state index is 0. The third-order valence-electron chi connectivity index (χ3n) is 6.85. The van der Waals surface area contributed by atoms with Crippen LogP contribution in [0.5, 0.6) is 0 Å². The first-order valence-corrected chi connectivity index (χ1v) is 13.7. The molecule has 2 nitrogen and oxygen atoms in total. The molecular formula is C29H54ClNO. The Balaban J connectivity index is 0.00000961. The second-order valence-electron chi connectivity index (χ2n) is 10.1. The van der Waals surface area contributed by atoms with E-state index in [9.17, 15) is 5.11 Å². The van der Waals surface area contributed by atoms with E-state index >= 15 is 0 Å². The zero-order chi connectivity index (χ0) is 22.5. The molecule has 1 atom stereocenters. The molecular weight excluding hydrogens is 414 g/mol. The number of benzene rings is 1. The molecule has 3 heteroatoms. The third-order valence-corrected chi connectivity index (χ3v) is 6.85. The summed E-state index contributed by atoms with van der Waals surface area (Å²) in [5.74, 6) is 0. The van der Waals surface area contributed by atoms with E-state index < -0.39 is 0 Å². The summed E-state index contributed by atoms with van der Waals surface area (Å²) in [6, 6.07) is 10.7. The molecule has 32 heavy (non-hydrogen) atoms. The first-order valence-electron chi connectivity index (χ1n) is 13.7. The van der Waals surface area contributed by atoms with E-state index in [2.05, 4.69) is 44.3 Å². The van der Waals surface area contributed by atoms with Crippen molar-refractivity contribution in [3.63, 3.8) is 0 Å². The Bertz CT molecular complexity index is 495. The van der Waals surface area contributed by atoms with Gasteiger partial charge in [0.15, 0.2) is 0 Å². The molecule has 1 rings (SSSR count). The van der Waals surface area contributed by atoms with E-state index in [1.54, 1.807) is 0 Å². The Hall–Kier alpha value is -0.570. The third kappa shape index (κ3) is 17.9. The summed E-state index contributed by atoms with van der Waals surface area (Å²) in [5.41, 5.74) is 1.38. The van der Waals surface area contributed by atoms with Crippen molar-refractivity contribution in [1.82, 2.24) is 0 Å². The number of aliphatic hydroxyl groups excluding tert-OH is 1. The van der Waals surface area contributed by atoms with Gasteiger partial charge in [-0.1, -0.05) is 134 Å². The van der Waals surface area contributed by atoms with Crippen LogP contribution in [0.4, 0.5) is 0 Å². The molecule has 0 saturated heterocycles. The standard InChI is InChI=1S/C29H54NO.ClH/c1-3-4-5-6-7-8-9-10-11-12-13-14-15-16-17-18-22-25-30(2,26-27-31)28-29-23-20-19-21-24-29;/h19-21,23-24,31H,3-18,22,25-28H2,1-2H3;1H/q+1;/p-1. The van der Waals surface area contributed by atoms with Gasteiger partial charge in [-0.15, -0.1) is 0 Å². The van der Waals surface area contributed by atoms with Crippen LogP contribution in [0, 0.1) is 0 Å². The molecule has 0 amide bonds. The quantitative estimate of drug-likeness (QED) is 0.181. The van der Waals surface area contributed by atoms with Gasteiger partial charge in [-0.2, -0.15) is 0 Å². The van der Waals surface area contributed by atoms with Gasteiger partial charge in [-0.05, 0) is 12.8 Å². The second kappa shape index (κ2) is 22.2. The molecule has 1 aromatic carbocycles. The smallest absolute Gasteiger partial charge is 0.104 e. The molecule has 0 bridgehead atoms. The molecule has 0 heterocycles. The lowest BCUT2D eigenvalue weighted by Gasteiger charge is -2.34. The average Bonchev–Trinajstić information content (AvgIpc) is 2.77. The highest BCUT2D eigenvalue weighted by Gasteiger charge is 2.20. The molecule has 0 aliphatic rings. The number of nitrogens with zero attached hydrogens (tertiary/aromatic N) is 1. The fourth-order valence-electron chi connectivity index (χ4n) is 4.75. The predicted octanol–water partition coefficient (Wildman–Crippen LogP) is 5.28. The van der Waals surface area contributed by atoms with Crippen LogP contribution in [0.3, 0.4) is 0 Å². The fraction of sp³-hybridized carbons (Fsp3) is 0.793. The molecule has 0 aliphatic carbocycles. The van der Waals surface area contributed by atoms with Crippen molar-refractivity contribution in [3.05, 3.63) is 35.9 Å². The zero-order valence-electron chi connectivity index (χ0n) is 21.5. The van der Waals surface area contributed by atoms with Gasteiger partial charge in [-0.3, -0.25) is 0 Å². The van der Waals surface area contributed by atoms with Crippen LogP contribution in [0.15, 0.2) is 30.3 Å². The van der Waals surface area contributed by atoms with Crippen LogP contribution >= 0.6 is 0 Å². The first kappa shape index (κ1) is 31.4. The van der Waals surface area contributed by atoms with Crippen molar-refractivity contribution >= 4 is 0 Å². The number of hydrogen-bond donors (Lipinski definition) is 1. The number of quaternary nitrogens is 1. The van der Waals surface area contributed by atoms with Crippen molar-refractivity contribution in [2.75, 3.05) is 26.7 Å². The zero-order valence-corrected chi connectivity index (χ0v) is 22.3. The van der Waals surface area contributed by atoms with Crippen LogP contribution in [0.25, 0.3) is 0 Å². The van der Waals surface area contributed by atoms with Gasteiger partial charge < -0.3 is 22.0 Å². The number of halogens is 1. The SMILES string of the molecule is CCCCCCCCCCCCCCCCCCC[N+](C)(CCO)Cc1ccccc1.[Cl-]. The number of likely N-dealkylation sites (N-methyl/N-ethyl adjacent to an activating group) is 1. The lowest BCUT2D eigenvalue weighted by atomic mass is 10.0. The number of rotatable bonds is 22. The molecule has 1 aromatic rings. The average molecular weight is 468 g/mol. The molecule has 1 unspecified atom stereocenters. The molecule has 0 saturated carbocycles. The minimum absolute atomic E-state index is 0. The van der Waals surface area contributed by atoms with Gasteiger partial charge in [0, 0.05) is 5.56 Å². The lowest BCUT2D eigenvalue weighted by molar-refractivity contribution is -0.923. The Morgan fingerprint density at radius 3 is 1.41 bits per heavy atom.